The maximum Gasteiger partial charge on any atom is 0.214 e. The molecule has 0 bridgehead atoms. The summed E-state index contributed by atoms with van der Waals surface area (Å²) < 4.78 is 36.2. The zero-order valence-corrected chi connectivity index (χ0v) is 21.4. The summed E-state index contributed by atoms with van der Waals surface area (Å²) in [5.74, 6) is 1.75. The highest BCUT2D eigenvalue weighted by Crippen LogP contribution is 2.23. The van der Waals surface area contributed by atoms with Gasteiger partial charge in [-0.05, 0) is 24.1 Å². The SMILES string of the molecule is CN=C(NCCN1CCCS1(=O)=O)NCC(c1ccc(OC)cc1)N1CCOCC1.I. The van der Waals surface area contributed by atoms with Gasteiger partial charge in [0.1, 0.15) is 5.75 Å². The first-order chi connectivity index (χ1) is 14.5. The second kappa shape index (κ2) is 12.8. The number of hydrogen-bond acceptors (Lipinski definition) is 6. The minimum absolute atomic E-state index is 0. The molecule has 176 valence electrons. The molecule has 11 heteroatoms. The van der Waals surface area contributed by atoms with Crippen molar-refractivity contribution >= 4 is 40.0 Å². The summed E-state index contributed by atoms with van der Waals surface area (Å²) in [5, 5.41) is 6.63. The number of aliphatic imine (C=N–C) groups is 1. The maximum atomic E-state index is 11.9. The number of halogens is 1. The molecule has 2 N–H and O–H groups in total. The predicted octanol–water partition coefficient (Wildman–Crippen LogP) is 0.887. The van der Waals surface area contributed by atoms with Gasteiger partial charge in [0.25, 0.3) is 0 Å². The highest BCUT2D eigenvalue weighted by Gasteiger charge is 2.27. The average Bonchev–Trinajstić information content (AvgIpc) is 3.11. The topological polar surface area (TPSA) is 95.5 Å². The monoisotopic (exact) mass is 567 g/mol. The molecule has 0 saturated carbocycles. The molecule has 0 aromatic heterocycles. The molecule has 1 atom stereocenters. The number of benzene rings is 1. The molecule has 2 aliphatic heterocycles. The smallest absolute Gasteiger partial charge is 0.214 e. The van der Waals surface area contributed by atoms with Crippen molar-refractivity contribution in [1.82, 2.24) is 19.8 Å². The second-order valence-electron chi connectivity index (χ2n) is 7.39. The number of ether oxygens (including phenoxy) is 2. The van der Waals surface area contributed by atoms with Crippen molar-refractivity contribution in [2.45, 2.75) is 12.5 Å². The fraction of sp³-hybridized carbons (Fsp3) is 0.650. The summed E-state index contributed by atoms with van der Waals surface area (Å²) in [6.07, 6.45) is 0.707. The van der Waals surface area contributed by atoms with Crippen LogP contribution in [0.25, 0.3) is 0 Å². The number of rotatable bonds is 8. The molecule has 1 aromatic rings. The predicted molar refractivity (Wildman–Crippen MR) is 133 cm³/mol. The Hall–Kier alpha value is -1.15. The van der Waals surface area contributed by atoms with E-state index in [0.29, 0.717) is 38.6 Å². The van der Waals surface area contributed by atoms with Crippen LogP contribution in [0.5, 0.6) is 5.75 Å². The van der Waals surface area contributed by atoms with Crippen LogP contribution < -0.4 is 15.4 Å². The molecule has 1 aromatic carbocycles. The van der Waals surface area contributed by atoms with E-state index >= 15 is 0 Å². The number of methoxy groups -OCH3 is 1. The lowest BCUT2D eigenvalue weighted by Crippen LogP contribution is -2.47. The summed E-state index contributed by atoms with van der Waals surface area (Å²) >= 11 is 0. The van der Waals surface area contributed by atoms with Crippen LogP contribution in [0.3, 0.4) is 0 Å². The normalized spacial score (nSPS) is 20.6. The van der Waals surface area contributed by atoms with Crippen LogP contribution in [0.15, 0.2) is 29.3 Å². The van der Waals surface area contributed by atoms with Gasteiger partial charge in [-0.1, -0.05) is 12.1 Å². The molecule has 9 nitrogen and oxygen atoms in total. The third kappa shape index (κ3) is 7.45. The van der Waals surface area contributed by atoms with E-state index in [2.05, 4.69) is 32.7 Å². The summed E-state index contributed by atoms with van der Waals surface area (Å²) in [6.45, 7) is 5.45. The van der Waals surface area contributed by atoms with Gasteiger partial charge in [0.2, 0.25) is 10.0 Å². The van der Waals surface area contributed by atoms with Gasteiger partial charge in [0.15, 0.2) is 5.96 Å². The zero-order chi connectivity index (χ0) is 21.4. The average molecular weight is 567 g/mol. The molecule has 2 saturated heterocycles. The number of sulfonamides is 1. The fourth-order valence-corrected chi connectivity index (χ4v) is 5.36. The number of guanidine groups is 1. The standard InChI is InChI=1S/C20H33N5O4S.HI/c1-21-20(22-8-10-25-9-3-15-30(25,26)27)23-16-19(24-11-13-29-14-12-24)17-4-6-18(28-2)7-5-17;/h4-7,19H,3,8-16H2,1-2H3,(H2,21,22,23);1H. The van der Waals surface area contributed by atoms with E-state index in [4.69, 9.17) is 9.47 Å². The Morgan fingerprint density at radius 2 is 1.90 bits per heavy atom. The molecule has 3 rings (SSSR count). The largest absolute Gasteiger partial charge is 0.497 e. The van der Waals surface area contributed by atoms with Crippen LogP contribution in [-0.2, 0) is 14.8 Å². The molecule has 0 spiro atoms. The summed E-state index contributed by atoms with van der Waals surface area (Å²) in [6, 6.07) is 8.31. The van der Waals surface area contributed by atoms with E-state index in [-0.39, 0.29) is 35.8 Å². The summed E-state index contributed by atoms with van der Waals surface area (Å²) in [4.78, 5) is 6.70. The minimum Gasteiger partial charge on any atom is -0.497 e. The maximum absolute atomic E-state index is 11.9. The zero-order valence-electron chi connectivity index (χ0n) is 18.2. The van der Waals surface area contributed by atoms with Crippen molar-refractivity contribution in [1.29, 1.82) is 0 Å². The first-order valence-corrected chi connectivity index (χ1v) is 12.0. The van der Waals surface area contributed by atoms with Crippen LogP contribution in [0, 0.1) is 0 Å². The quantitative estimate of drug-likeness (QED) is 0.274. The van der Waals surface area contributed by atoms with Crippen molar-refractivity contribution in [2.75, 3.05) is 72.4 Å². The number of nitrogens with one attached hydrogen (secondary N) is 2. The van der Waals surface area contributed by atoms with Crippen LogP contribution in [0.4, 0.5) is 0 Å². The molecule has 31 heavy (non-hydrogen) atoms. The first-order valence-electron chi connectivity index (χ1n) is 10.4. The van der Waals surface area contributed by atoms with Crippen LogP contribution >= 0.6 is 24.0 Å². The van der Waals surface area contributed by atoms with Crippen molar-refractivity contribution in [3.05, 3.63) is 29.8 Å². The lowest BCUT2D eigenvalue weighted by Gasteiger charge is -2.35. The molecular weight excluding hydrogens is 533 g/mol. The van der Waals surface area contributed by atoms with Gasteiger partial charge in [-0.3, -0.25) is 9.89 Å². The lowest BCUT2D eigenvalue weighted by atomic mass is 10.0. The highest BCUT2D eigenvalue weighted by atomic mass is 127. The van der Waals surface area contributed by atoms with E-state index in [1.165, 1.54) is 5.56 Å². The third-order valence-corrected chi connectivity index (χ3v) is 7.49. The van der Waals surface area contributed by atoms with Gasteiger partial charge in [-0.25, -0.2) is 12.7 Å². The Labute approximate surface area is 202 Å². The molecule has 2 aliphatic rings. The van der Waals surface area contributed by atoms with Gasteiger partial charge in [0.05, 0.1) is 32.1 Å². The summed E-state index contributed by atoms with van der Waals surface area (Å²) in [7, 11) is 0.318. The molecule has 2 fully saturated rings. The minimum atomic E-state index is -3.07. The van der Waals surface area contributed by atoms with Crippen molar-refractivity contribution in [2.24, 2.45) is 4.99 Å². The van der Waals surface area contributed by atoms with Crippen LogP contribution in [0.1, 0.15) is 18.0 Å². The molecule has 0 amide bonds. The number of nitrogens with zero attached hydrogens (tertiary/aromatic N) is 3. The van der Waals surface area contributed by atoms with Crippen LogP contribution in [-0.4, -0.2) is 96.0 Å². The Morgan fingerprint density at radius 3 is 2.48 bits per heavy atom. The van der Waals surface area contributed by atoms with E-state index in [9.17, 15) is 8.42 Å². The molecule has 1 unspecified atom stereocenters. The van der Waals surface area contributed by atoms with Crippen molar-refractivity contribution < 1.29 is 17.9 Å². The highest BCUT2D eigenvalue weighted by molar-refractivity contribution is 14.0. The van der Waals surface area contributed by atoms with E-state index in [1.54, 1.807) is 18.5 Å². The van der Waals surface area contributed by atoms with E-state index < -0.39 is 10.0 Å². The molecular formula is C20H34IN5O4S. The Morgan fingerprint density at radius 1 is 1.19 bits per heavy atom. The Bertz CT molecular complexity index is 800. The molecule has 0 radical (unpaired) electrons. The number of morpholine rings is 1. The van der Waals surface area contributed by atoms with Crippen LogP contribution in [0.2, 0.25) is 0 Å². The van der Waals surface area contributed by atoms with Gasteiger partial charge in [-0.15, -0.1) is 24.0 Å². The Kier molecular flexibility index (Phi) is 10.8. The second-order valence-corrected chi connectivity index (χ2v) is 9.47. The van der Waals surface area contributed by atoms with Gasteiger partial charge in [-0.2, -0.15) is 0 Å². The Balaban J connectivity index is 0.00000341. The fourth-order valence-electron chi connectivity index (χ4n) is 3.83. The number of hydrogen-bond donors (Lipinski definition) is 2. The molecule has 0 aliphatic carbocycles. The van der Waals surface area contributed by atoms with Gasteiger partial charge < -0.3 is 20.1 Å². The van der Waals surface area contributed by atoms with E-state index in [0.717, 1.165) is 32.1 Å². The molecule has 2 heterocycles. The van der Waals surface area contributed by atoms with Crippen molar-refractivity contribution in [3.8, 4) is 5.75 Å². The van der Waals surface area contributed by atoms with Gasteiger partial charge >= 0.3 is 0 Å². The summed E-state index contributed by atoms with van der Waals surface area (Å²) in [5.41, 5.74) is 1.20. The lowest BCUT2D eigenvalue weighted by molar-refractivity contribution is 0.0170. The first kappa shape index (κ1) is 26.1. The van der Waals surface area contributed by atoms with E-state index in [1.807, 2.05) is 12.1 Å². The third-order valence-electron chi connectivity index (χ3n) is 5.53. The van der Waals surface area contributed by atoms with Gasteiger partial charge in [0, 0.05) is 46.3 Å². The van der Waals surface area contributed by atoms with Crippen molar-refractivity contribution in [3.63, 3.8) is 0 Å².